The molecule has 1 atom stereocenters. The number of nitrogens with one attached hydrogen (secondary N) is 1. The third-order valence-corrected chi connectivity index (χ3v) is 3.59. The van der Waals surface area contributed by atoms with Crippen LogP contribution in [0.3, 0.4) is 0 Å². The summed E-state index contributed by atoms with van der Waals surface area (Å²) >= 11 is 0. The lowest BCUT2D eigenvalue weighted by Crippen LogP contribution is -2.41. The molecule has 3 heterocycles. The second-order valence-corrected chi connectivity index (χ2v) is 4.89. The third kappa shape index (κ3) is 2.67. The molecule has 0 radical (unpaired) electrons. The largest absolute Gasteiger partial charge is 0.340 e. The van der Waals surface area contributed by atoms with Gasteiger partial charge in [0.15, 0.2) is 0 Å². The highest BCUT2D eigenvalue weighted by molar-refractivity contribution is 5.76. The number of hydrogen-bond acceptors (Lipinski definition) is 3. The van der Waals surface area contributed by atoms with Gasteiger partial charge in [0.05, 0.1) is 0 Å². The van der Waals surface area contributed by atoms with Gasteiger partial charge >= 0.3 is 0 Å². The number of carbonyl (C=O) groups excluding carboxylic acids is 1. The van der Waals surface area contributed by atoms with Crippen molar-refractivity contribution in [3.8, 4) is 0 Å². The minimum Gasteiger partial charge on any atom is -0.340 e. The molecule has 0 unspecified atom stereocenters. The molecule has 0 bridgehead atoms. The first kappa shape index (κ1) is 12.0. The lowest BCUT2D eigenvalue weighted by Gasteiger charge is -2.32. The summed E-state index contributed by atoms with van der Waals surface area (Å²) in [5.41, 5.74) is 1.12. The second kappa shape index (κ2) is 5.26. The molecule has 2 aromatic heterocycles. The van der Waals surface area contributed by atoms with E-state index in [2.05, 4.69) is 15.3 Å². The Kier molecular flexibility index (Phi) is 3.31. The molecular formula is C13H17N5O. The van der Waals surface area contributed by atoms with Gasteiger partial charge in [0, 0.05) is 43.3 Å². The van der Waals surface area contributed by atoms with Crippen LogP contribution in [-0.4, -0.2) is 43.9 Å². The number of amides is 1. The third-order valence-electron chi connectivity index (χ3n) is 3.59. The number of piperidine rings is 1. The van der Waals surface area contributed by atoms with Crippen LogP contribution in [0.1, 0.15) is 24.5 Å². The Hall–Kier alpha value is -2.11. The van der Waals surface area contributed by atoms with Crippen molar-refractivity contribution < 1.29 is 4.79 Å². The Morgan fingerprint density at radius 1 is 1.47 bits per heavy atom. The van der Waals surface area contributed by atoms with Gasteiger partial charge in [-0.05, 0) is 25.0 Å². The maximum Gasteiger partial charge on any atom is 0.244 e. The molecule has 3 rings (SSSR count). The van der Waals surface area contributed by atoms with Gasteiger partial charge in [-0.3, -0.25) is 14.6 Å². The van der Waals surface area contributed by atoms with Crippen molar-refractivity contribution in [2.24, 2.45) is 0 Å². The van der Waals surface area contributed by atoms with Crippen LogP contribution >= 0.6 is 0 Å². The molecule has 0 aliphatic carbocycles. The van der Waals surface area contributed by atoms with E-state index >= 15 is 0 Å². The quantitative estimate of drug-likeness (QED) is 0.894. The van der Waals surface area contributed by atoms with E-state index in [1.54, 1.807) is 17.1 Å². The van der Waals surface area contributed by atoms with Gasteiger partial charge in [-0.1, -0.05) is 0 Å². The smallest absolute Gasteiger partial charge is 0.244 e. The molecule has 0 spiro atoms. The van der Waals surface area contributed by atoms with Crippen LogP contribution in [0.15, 0.2) is 30.7 Å². The second-order valence-electron chi connectivity index (χ2n) is 4.89. The van der Waals surface area contributed by atoms with Crippen molar-refractivity contribution in [2.45, 2.75) is 25.3 Å². The molecule has 1 saturated heterocycles. The zero-order valence-electron chi connectivity index (χ0n) is 10.7. The number of aromatic amines is 1. The molecular weight excluding hydrogens is 242 g/mol. The average Bonchev–Trinajstić information content (AvgIpc) is 3.12. The Morgan fingerprint density at radius 2 is 2.42 bits per heavy atom. The molecule has 100 valence electrons. The van der Waals surface area contributed by atoms with Crippen LogP contribution in [0.2, 0.25) is 0 Å². The van der Waals surface area contributed by atoms with E-state index in [0.29, 0.717) is 12.5 Å². The fourth-order valence-electron chi connectivity index (χ4n) is 2.58. The Balaban J connectivity index is 1.63. The van der Waals surface area contributed by atoms with Gasteiger partial charge < -0.3 is 4.90 Å². The summed E-state index contributed by atoms with van der Waals surface area (Å²) in [5.74, 6) is 0.505. The SMILES string of the molecule is O=C(Cn1cccn1)N1CCC[C@H](c2ccn[nH]2)C1. The van der Waals surface area contributed by atoms with Crippen LogP contribution in [-0.2, 0) is 11.3 Å². The van der Waals surface area contributed by atoms with Gasteiger partial charge in [-0.15, -0.1) is 0 Å². The number of likely N-dealkylation sites (tertiary alicyclic amines) is 1. The molecule has 6 nitrogen and oxygen atoms in total. The Morgan fingerprint density at radius 3 is 3.16 bits per heavy atom. The fourth-order valence-corrected chi connectivity index (χ4v) is 2.58. The predicted octanol–water partition coefficient (Wildman–Crippen LogP) is 1.01. The molecule has 1 amide bonds. The number of aromatic nitrogens is 4. The number of H-pyrrole nitrogens is 1. The molecule has 2 aromatic rings. The number of carbonyl (C=O) groups is 1. The Bertz CT molecular complexity index is 519. The van der Waals surface area contributed by atoms with Crippen LogP contribution in [0.5, 0.6) is 0 Å². The maximum absolute atomic E-state index is 12.2. The molecule has 1 fully saturated rings. The molecule has 19 heavy (non-hydrogen) atoms. The molecule has 0 saturated carbocycles. The number of nitrogens with zero attached hydrogens (tertiary/aromatic N) is 4. The summed E-state index contributed by atoms with van der Waals surface area (Å²) in [4.78, 5) is 14.1. The zero-order chi connectivity index (χ0) is 13.1. The maximum atomic E-state index is 12.2. The van der Waals surface area contributed by atoms with Crippen molar-refractivity contribution in [2.75, 3.05) is 13.1 Å². The van der Waals surface area contributed by atoms with Gasteiger partial charge in [0.25, 0.3) is 0 Å². The lowest BCUT2D eigenvalue weighted by atomic mass is 9.95. The summed E-state index contributed by atoms with van der Waals surface area (Å²) in [5, 5.41) is 11.1. The summed E-state index contributed by atoms with van der Waals surface area (Å²) in [6.07, 6.45) is 7.41. The summed E-state index contributed by atoms with van der Waals surface area (Å²) in [6.45, 7) is 1.93. The monoisotopic (exact) mass is 259 g/mol. The van der Waals surface area contributed by atoms with Crippen LogP contribution in [0.4, 0.5) is 0 Å². The summed E-state index contributed by atoms with van der Waals surface area (Å²) in [7, 11) is 0. The minimum atomic E-state index is 0.132. The Labute approximate surface area is 111 Å². The first-order chi connectivity index (χ1) is 9.33. The van der Waals surface area contributed by atoms with Crippen LogP contribution in [0.25, 0.3) is 0 Å². The van der Waals surface area contributed by atoms with E-state index in [-0.39, 0.29) is 5.91 Å². The van der Waals surface area contributed by atoms with E-state index in [4.69, 9.17) is 0 Å². The highest BCUT2D eigenvalue weighted by atomic mass is 16.2. The first-order valence-electron chi connectivity index (χ1n) is 6.57. The van der Waals surface area contributed by atoms with Gasteiger partial charge in [-0.25, -0.2) is 0 Å². The van der Waals surface area contributed by atoms with Gasteiger partial charge in [-0.2, -0.15) is 10.2 Å². The summed E-state index contributed by atoms with van der Waals surface area (Å²) < 4.78 is 1.67. The topological polar surface area (TPSA) is 66.8 Å². The highest BCUT2D eigenvalue weighted by Gasteiger charge is 2.25. The van der Waals surface area contributed by atoms with E-state index in [9.17, 15) is 4.79 Å². The predicted molar refractivity (Wildman–Crippen MR) is 69.4 cm³/mol. The highest BCUT2D eigenvalue weighted by Crippen LogP contribution is 2.25. The normalized spacial score (nSPS) is 19.6. The van der Waals surface area contributed by atoms with Crippen molar-refractivity contribution >= 4 is 5.91 Å². The molecule has 1 aliphatic rings. The zero-order valence-corrected chi connectivity index (χ0v) is 10.7. The molecule has 0 aromatic carbocycles. The van der Waals surface area contributed by atoms with Gasteiger partial charge in [0.1, 0.15) is 6.54 Å². The van der Waals surface area contributed by atoms with Gasteiger partial charge in [0.2, 0.25) is 5.91 Å². The summed E-state index contributed by atoms with van der Waals surface area (Å²) in [6, 6.07) is 3.82. The van der Waals surface area contributed by atoms with E-state index in [1.807, 2.05) is 23.2 Å². The van der Waals surface area contributed by atoms with E-state index in [1.165, 1.54) is 0 Å². The lowest BCUT2D eigenvalue weighted by molar-refractivity contribution is -0.133. The van der Waals surface area contributed by atoms with E-state index in [0.717, 1.165) is 31.6 Å². The number of hydrogen-bond donors (Lipinski definition) is 1. The van der Waals surface area contributed by atoms with Crippen LogP contribution < -0.4 is 0 Å². The van der Waals surface area contributed by atoms with E-state index < -0.39 is 0 Å². The minimum absolute atomic E-state index is 0.132. The number of rotatable bonds is 3. The van der Waals surface area contributed by atoms with Crippen molar-refractivity contribution in [3.05, 3.63) is 36.4 Å². The van der Waals surface area contributed by atoms with Crippen molar-refractivity contribution in [1.29, 1.82) is 0 Å². The molecule has 6 heteroatoms. The average molecular weight is 259 g/mol. The van der Waals surface area contributed by atoms with Crippen LogP contribution in [0, 0.1) is 0 Å². The van der Waals surface area contributed by atoms with Crippen molar-refractivity contribution in [3.63, 3.8) is 0 Å². The molecule has 1 N–H and O–H groups in total. The fraction of sp³-hybridized carbons (Fsp3) is 0.462. The standard InChI is InChI=1S/C13H17N5O/c19-13(10-18-8-2-5-15-18)17-7-1-3-11(9-17)12-4-6-14-16-12/h2,4-6,8,11H,1,3,7,9-10H2,(H,14,16)/t11-/m0/s1. The van der Waals surface area contributed by atoms with Crippen molar-refractivity contribution in [1.82, 2.24) is 24.9 Å². The molecule has 1 aliphatic heterocycles. The first-order valence-corrected chi connectivity index (χ1v) is 6.57.